The van der Waals surface area contributed by atoms with E-state index in [4.69, 9.17) is 4.74 Å². The van der Waals surface area contributed by atoms with Gasteiger partial charge in [0.25, 0.3) is 5.91 Å². The van der Waals surface area contributed by atoms with Crippen molar-refractivity contribution in [1.82, 2.24) is 5.32 Å². The number of carbonyl (C=O) groups is 2. The van der Waals surface area contributed by atoms with Crippen LogP contribution in [0, 0.1) is 0 Å². The SMILES string of the molecule is COCCCNC(=O)c1cc(NC(=O)Nc2ccc(SC)cc2)ccc1N1CCc2ccccc2C1. The van der Waals surface area contributed by atoms with Gasteiger partial charge in [0, 0.05) is 55.3 Å². The summed E-state index contributed by atoms with van der Waals surface area (Å²) in [6, 6.07) is 21.2. The molecule has 4 rings (SSSR count). The molecule has 0 bridgehead atoms. The molecule has 0 atom stereocenters. The molecule has 8 heteroatoms. The fourth-order valence-corrected chi connectivity index (χ4v) is 4.66. The molecule has 7 nitrogen and oxygen atoms in total. The number of hydrogen-bond acceptors (Lipinski definition) is 5. The number of benzene rings is 3. The molecule has 1 aliphatic rings. The highest BCUT2D eigenvalue weighted by Gasteiger charge is 2.22. The molecular formula is C28H32N4O3S. The average molecular weight is 505 g/mol. The van der Waals surface area contributed by atoms with E-state index >= 15 is 0 Å². The second kappa shape index (κ2) is 12.5. The summed E-state index contributed by atoms with van der Waals surface area (Å²) < 4.78 is 5.09. The fourth-order valence-electron chi connectivity index (χ4n) is 4.25. The number of nitrogens with zero attached hydrogens (tertiary/aromatic N) is 1. The van der Waals surface area contributed by atoms with E-state index in [0.717, 1.165) is 36.5 Å². The Hall–Kier alpha value is -3.49. The van der Waals surface area contributed by atoms with Gasteiger partial charge in [0.15, 0.2) is 0 Å². The first-order chi connectivity index (χ1) is 17.6. The van der Waals surface area contributed by atoms with E-state index in [9.17, 15) is 9.59 Å². The topological polar surface area (TPSA) is 82.7 Å². The normalized spacial score (nSPS) is 12.6. The van der Waals surface area contributed by atoms with E-state index in [2.05, 4.69) is 39.0 Å². The molecule has 0 aliphatic carbocycles. The van der Waals surface area contributed by atoms with Gasteiger partial charge in [-0.1, -0.05) is 24.3 Å². The predicted octanol–water partition coefficient (Wildman–Crippen LogP) is 5.38. The van der Waals surface area contributed by atoms with Crippen LogP contribution in [0.2, 0.25) is 0 Å². The Bertz CT molecular complexity index is 1200. The minimum Gasteiger partial charge on any atom is -0.385 e. The molecule has 3 aromatic rings. The first-order valence-corrected chi connectivity index (χ1v) is 13.2. The lowest BCUT2D eigenvalue weighted by atomic mass is 9.98. The second-order valence-electron chi connectivity index (χ2n) is 8.58. The van der Waals surface area contributed by atoms with Crippen molar-refractivity contribution < 1.29 is 14.3 Å². The zero-order valence-corrected chi connectivity index (χ0v) is 21.5. The van der Waals surface area contributed by atoms with E-state index in [1.165, 1.54) is 11.1 Å². The van der Waals surface area contributed by atoms with Crippen LogP contribution in [0.15, 0.2) is 71.6 Å². The summed E-state index contributed by atoms with van der Waals surface area (Å²) in [5.41, 5.74) is 5.26. The Morgan fingerprint density at radius 2 is 1.69 bits per heavy atom. The Morgan fingerprint density at radius 1 is 0.972 bits per heavy atom. The highest BCUT2D eigenvalue weighted by atomic mass is 32.2. The van der Waals surface area contributed by atoms with Gasteiger partial charge in [0.2, 0.25) is 0 Å². The number of hydrogen-bond donors (Lipinski definition) is 3. The van der Waals surface area contributed by atoms with Gasteiger partial charge in [-0.2, -0.15) is 0 Å². The maximum atomic E-state index is 13.2. The molecule has 0 spiro atoms. The molecule has 188 valence electrons. The van der Waals surface area contributed by atoms with Gasteiger partial charge in [-0.3, -0.25) is 4.79 Å². The predicted molar refractivity (Wildman–Crippen MR) is 147 cm³/mol. The number of rotatable bonds is 9. The number of ether oxygens (including phenoxy) is 1. The third kappa shape index (κ3) is 6.59. The highest BCUT2D eigenvalue weighted by molar-refractivity contribution is 7.98. The lowest BCUT2D eigenvalue weighted by Gasteiger charge is -2.32. The van der Waals surface area contributed by atoms with E-state index < -0.39 is 0 Å². The van der Waals surface area contributed by atoms with Crippen molar-refractivity contribution in [2.24, 2.45) is 0 Å². The van der Waals surface area contributed by atoms with Crippen molar-refractivity contribution >= 4 is 40.8 Å². The zero-order chi connectivity index (χ0) is 25.3. The summed E-state index contributed by atoms with van der Waals surface area (Å²) >= 11 is 1.64. The number of fused-ring (bicyclic) bond motifs is 1. The van der Waals surface area contributed by atoms with E-state index in [1.54, 1.807) is 24.9 Å². The minimum atomic E-state index is -0.363. The van der Waals surface area contributed by atoms with Crippen LogP contribution in [0.1, 0.15) is 27.9 Å². The quantitative estimate of drug-likeness (QED) is 0.269. The number of methoxy groups -OCH3 is 1. The van der Waals surface area contributed by atoms with Crippen LogP contribution in [0.4, 0.5) is 21.9 Å². The van der Waals surface area contributed by atoms with Gasteiger partial charge in [0.05, 0.1) is 5.56 Å². The van der Waals surface area contributed by atoms with Crippen molar-refractivity contribution in [2.75, 3.05) is 48.6 Å². The van der Waals surface area contributed by atoms with Crippen molar-refractivity contribution in [3.8, 4) is 0 Å². The highest BCUT2D eigenvalue weighted by Crippen LogP contribution is 2.30. The van der Waals surface area contributed by atoms with Crippen LogP contribution in [0.5, 0.6) is 0 Å². The van der Waals surface area contributed by atoms with Crippen LogP contribution in [-0.4, -0.2) is 45.0 Å². The minimum absolute atomic E-state index is 0.170. The van der Waals surface area contributed by atoms with Crippen LogP contribution in [-0.2, 0) is 17.7 Å². The molecule has 1 heterocycles. The summed E-state index contributed by atoms with van der Waals surface area (Å²) in [4.78, 5) is 29.2. The zero-order valence-electron chi connectivity index (χ0n) is 20.7. The molecule has 0 saturated carbocycles. The van der Waals surface area contributed by atoms with E-state index in [0.29, 0.717) is 30.1 Å². The molecular weight excluding hydrogens is 472 g/mol. The third-order valence-electron chi connectivity index (χ3n) is 6.13. The average Bonchev–Trinajstić information content (AvgIpc) is 2.91. The largest absolute Gasteiger partial charge is 0.385 e. The summed E-state index contributed by atoms with van der Waals surface area (Å²) in [5, 5.41) is 8.69. The molecule has 3 amide bonds. The first kappa shape index (κ1) is 25.6. The molecule has 0 aromatic heterocycles. The molecule has 0 radical (unpaired) electrons. The van der Waals surface area contributed by atoms with Gasteiger partial charge in [-0.05, 0) is 72.7 Å². The van der Waals surface area contributed by atoms with Crippen LogP contribution >= 0.6 is 11.8 Å². The number of thioether (sulfide) groups is 1. The molecule has 3 N–H and O–H groups in total. The number of carbonyl (C=O) groups excluding carboxylic acids is 2. The van der Waals surface area contributed by atoms with Gasteiger partial charge in [-0.25, -0.2) is 4.79 Å². The van der Waals surface area contributed by atoms with Crippen molar-refractivity contribution in [1.29, 1.82) is 0 Å². The molecule has 3 aromatic carbocycles. The fraction of sp³-hybridized carbons (Fsp3) is 0.286. The lowest BCUT2D eigenvalue weighted by Crippen LogP contribution is -2.33. The molecule has 1 aliphatic heterocycles. The molecule has 0 saturated heterocycles. The summed E-state index contributed by atoms with van der Waals surface area (Å²) in [7, 11) is 1.64. The summed E-state index contributed by atoms with van der Waals surface area (Å²) in [6.45, 7) is 2.65. The van der Waals surface area contributed by atoms with Gasteiger partial charge < -0.3 is 25.6 Å². The number of anilines is 3. The van der Waals surface area contributed by atoms with Gasteiger partial charge >= 0.3 is 6.03 Å². The van der Waals surface area contributed by atoms with Crippen molar-refractivity contribution in [2.45, 2.75) is 24.3 Å². The Balaban J connectivity index is 1.52. The third-order valence-corrected chi connectivity index (χ3v) is 6.87. The number of nitrogens with one attached hydrogen (secondary N) is 3. The number of urea groups is 1. The van der Waals surface area contributed by atoms with Crippen LogP contribution in [0.3, 0.4) is 0 Å². The molecule has 36 heavy (non-hydrogen) atoms. The smallest absolute Gasteiger partial charge is 0.323 e. The van der Waals surface area contributed by atoms with Gasteiger partial charge in [-0.15, -0.1) is 11.8 Å². The molecule has 0 fully saturated rings. The van der Waals surface area contributed by atoms with Crippen LogP contribution < -0.4 is 20.9 Å². The van der Waals surface area contributed by atoms with Crippen molar-refractivity contribution in [3.63, 3.8) is 0 Å². The standard InChI is InChI=1S/C28H32N4O3S/c1-35-17-5-15-29-27(33)25-18-23(31-28(34)30-22-8-11-24(36-2)12-9-22)10-13-26(25)32-16-14-20-6-3-4-7-21(20)19-32/h3-4,6-13,18H,5,14-17,19H2,1-2H3,(H,29,33)(H2,30,31,34). The lowest BCUT2D eigenvalue weighted by molar-refractivity contribution is 0.0949. The molecule has 0 unspecified atom stereocenters. The Morgan fingerprint density at radius 3 is 2.44 bits per heavy atom. The van der Waals surface area contributed by atoms with Crippen molar-refractivity contribution in [3.05, 3.63) is 83.4 Å². The Kier molecular flexibility index (Phi) is 8.86. The summed E-state index contributed by atoms with van der Waals surface area (Å²) in [5.74, 6) is -0.170. The maximum absolute atomic E-state index is 13.2. The first-order valence-electron chi connectivity index (χ1n) is 12.0. The monoisotopic (exact) mass is 504 g/mol. The summed E-state index contributed by atoms with van der Waals surface area (Å²) in [6.07, 6.45) is 3.65. The number of amides is 3. The maximum Gasteiger partial charge on any atom is 0.323 e. The van der Waals surface area contributed by atoms with E-state index in [-0.39, 0.29) is 11.9 Å². The van der Waals surface area contributed by atoms with Gasteiger partial charge in [0.1, 0.15) is 0 Å². The van der Waals surface area contributed by atoms with E-state index in [1.807, 2.05) is 48.7 Å². The Labute approximate surface area is 216 Å². The second-order valence-corrected chi connectivity index (χ2v) is 9.46. The van der Waals surface area contributed by atoms with Crippen LogP contribution in [0.25, 0.3) is 0 Å².